The molecular formula is C32H36N2O4. The van der Waals surface area contributed by atoms with Gasteiger partial charge in [-0.1, -0.05) is 50.2 Å². The summed E-state index contributed by atoms with van der Waals surface area (Å²) in [5.41, 5.74) is 7.25. The summed E-state index contributed by atoms with van der Waals surface area (Å²) in [5.74, 6) is -0.151. The quantitative estimate of drug-likeness (QED) is 0.259. The zero-order valence-electron chi connectivity index (χ0n) is 22.9. The summed E-state index contributed by atoms with van der Waals surface area (Å²) in [5, 5.41) is 13.3. The second kappa shape index (κ2) is 11.1. The molecule has 4 rings (SSSR count). The van der Waals surface area contributed by atoms with Crippen molar-refractivity contribution in [3.63, 3.8) is 0 Å². The third-order valence-corrected chi connectivity index (χ3v) is 7.23. The monoisotopic (exact) mass is 512 g/mol. The van der Waals surface area contributed by atoms with Gasteiger partial charge in [-0.05, 0) is 86.2 Å². The first kappa shape index (κ1) is 27.0. The highest BCUT2D eigenvalue weighted by Crippen LogP contribution is 2.28. The minimum absolute atomic E-state index is 0.100. The molecular weight excluding hydrogens is 476 g/mol. The molecule has 0 fully saturated rings. The number of carboxylic acid groups (broad SMARTS) is 1. The lowest BCUT2D eigenvalue weighted by Crippen LogP contribution is -2.26. The molecule has 1 amide bonds. The SMILES string of the molecule is Cc1c(C)n(Cc2cccc(O[C@H](C)C(=O)O)c2)c2ccc(C(=O)N[C@@H](C)c3cccc(C(C)C)c3)cc12. The van der Waals surface area contributed by atoms with E-state index in [0.29, 0.717) is 23.8 Å². The Morgan fingerprint density at radius 3 is 2.34 bits per heavy atom. The molecule has 0 aliphatic heterocycles. The molecule has 0 unspecified atom stereocenters. The highest BCUT2D eigenvalue weighted by Gasteiger charge is 2.17. The van der Waals surface area contributed by atoms with Crippen LogP contribution in [-0.4, -0.2) is 27.7 Å². The molecule has 1 aromatic heterocycles. The number of nitrogens with one attached hydrogen (secondary N) is 1. The largest absolute Gasteiger partial charge is 0.479 e. The number of carbonyl (C=O) groups is 2. The summed E-state index contributed by atoms with van der Waals surface area (Å²) in [4.78, 5) is 24.3. The van der Waals surface area contributed by atoms with Crippen LogP contribution in [0.3, 0.4) is 0 Å². The third kappa shape index (κ3) is 5.75. The molecule has 3 aromatic carbocycles. The lowest BCUT2D eigenvalue weighted by molar-refractivity contribution is -0.144. The van der Waals surface area contributed by atoms with Crippen LogP contribution in [0.4, 0.5) is 0 Å². The number of hydrogen-bond acceptors (Lipinski definition) is 3. The molecule has 0 aliphatic carbocycles. The fraction of sp³-hybridized carbons (Fsp3) is 0.312. The number of rotatable bonds is 9. The number of aliphatic carboxylic acids is 1. The Morgan fingerprint density at radius 2 is 1.63 bits per heavy atom. The van der Waals surface area contributed by atoms with Crippen LogP contribution >= 0.6 is 0 Å². The van der Waals surface area contributed by atoms with Gasteiger partial charge in [-0.15, -0.1) is 0 Å². The summed E-state index contributed by atoms with van der Waals surface area (Å²) < 4.78 is 7.76. The summed E-state index contributed by atoms with van der Waals surface area (Å²) >= 11 is 0. The van der Waals surface area contributed by atoms with E-state index >= 15 is 0 Å². The van der Waals surface area contributed by atoms with Gasteiger partial charge >= 0.3 is 5.97 Å². The molecule has 0 saturated carbocycles. The second-order valence-corrected chi connectivity index (χ2v) is 10.3. The van der Waals surface area contributed by atoms with E-state index in [1.807, 2.05) is 49.4 Å². The minimum Gasteiger partial charge on any atom is -0.479 e. The highest BCUT2D eigenvalue weighted by molar-refractivity contribution is 5.99. The van der Waals surface area contributed by atoms with Gasteiger partial charge < -0.3 is 19.7 Å². The van der Waals surface area contributed by atoms with Crippen molar-refractivity contribution in [1.82, 2.24) is 9.88 Å². The first-order valence-corrected chi connectivity index (χ1v) is 13.0. The molecule has 0 spiro atoms. The maximum absolute atomic E-state index is 13.2. The van der Waals surface area contributed by atoms with Crippen molar-refractivity contribution in [2.24, 2.45) is 0 Å². The van der Waals surface area contributed by atoms with Gasteiger partial charge in [-0.2, -0.15) is 0 Å². The number of carbonyl (C=O) groups excluding carboxylic acids is 1. The zero-order valence-corrected chi connectivity index (χ0v) is 22.9. The maximum atomic E-state index is 13.2. The number of aromatic nitrogens is 1. The van der Waals surface area contributed by atoms with Crippen molar-refractivity contribution in [3.05, 3.63) is 100 Å². The molecule has 198 valence electrons. The van der Waals surface area contributed by atoms with E-state index in [-0.39, 0.29) is 11.9 Å². The molecule has 6 heteroatoms. The molecule has 2 atom stereocenters. The van der Waals surface area contributed by atoms with Gasteiger partial charge in [-0.3, -0.25) is 4.79 Å². The molecule has 4 aromatic rings. The van der Waals surface area contributed by atoms with Crippen LogP contribution in [0.15, 0.2) is 66.7 Å². The van der Waals surface area contributed by atoms with Crippen molar-refractivity contribution < 1.29 is 19.4 Å². The molecule has 2 N–H and O–H groups in total. The standard InChI is InChI=1S/C32H36N2O4/c1-19(2)25-10-8-11-26(16-25)21(4)33-31(35)27-13-14-30-29(17-27)20(3)22(5)34(30)18-24-9-7-12-28(15-24)38-23(6)32(36)37/h7-17,19,21,23H,18H2,1-6H3,(H,33,35)(H,36,37)/t21-,23+/m0/s1. The molecule has 6 nitrogen and oxygen atoms in total. The Bertz CT molecular complexity index is 1480. The smallest absolute Gasteiger partial charge is 0.344 e. The van der Waals surface area contributed by atoms with E-state index < -0.39 is 12.1 Å². The summed E-state index contributed by atoms with van der Waals surface area (Å²) in [6.07, 6.45) is -0.923. The van der Waals surface area contributed by atoms with E-state index in [1.165, 1.54) is 12.5 Å². The molecule has 0 saturated heterocycles. The lowest BCUT2D eigenvalue weighted by atomic mass is 9.98. The highest BCUT2D eigenvalue weighted by atomic mass is 16.5. The van der Waals surface area contributed by atoms with Crippen LogP contribution in [0.5, 0.6) is 5.75 Å². The van der Waals surface area contributed by atoms with Gasteiger partial charge in [0.25, 0.3) is 5.91 Å². The van der Waals surface area contributed by atoms with E-state index in [0.717, 1.165) is 33.3 Å². The number of ether oxygens (including phenoxy) is 1. The van der Waals surface area contributed by atoms with E-state index in [2.05, 4.69) is 55.8 Å². The molecule has 0 bridgehead atoms. The first-order chi connectivity index (χ1) is 18.0. The summed E-state index contributed by atoms with van der Waals surface area (Å²) in [6, 6.07) is 21.6. The Labute approximate surface area is 224 Å². The van der Waals surface area contributed by atoms with Crippen molar-refractivity contribution in [1.29, 1.82) is 0 Å². The Hall–Kier alpha value is -4.06. The normalized spacial score (nSPS) is 12.9. The average Bonchev–Trinajstić information content (AvgIpc) is 3.13. The Morgan fingerprint density at radius 1 is 0.921 bits per heavy atom. The number of aryl methyl sites for hydroxylation is 1. The van der Waals surface area contributed by atoms with Crippen molar-refractivity contribution >= 4 is 22.8 Å². The fourth-order valence-electron chi connectivity index (χ4n) is 4.70. The predicted molar refractivity (Wildman–Crippen MR) is 151 cm³/mol. The van der Waals surface area contributed by atoms with Crippen LogP contribution in [0, 0.1) is 13.8 Å². The van der Waals surface area contributed by atoms with Crippen molar-refractivity contribution in [2.75, 3.05) is 0 Å². The number of benzene rings is 3. The molecule has 38 heavy (non-hydrogen) atoms. The van der Waals surface area contributed by atoms with Crippen LogP contribution < -0.4 is 10.1 Å². The Balaban J connectivity index is 1.56. The third-order valence-electron chi connectivity index (χ3n) is 7.23. The van der Waals surface area contributed by atoms with Gasteiger partial charge in [0, 0.05) is 28.7 Å². The fourth-order valence-corrected chi connectivity index (χ4v) is 4.70. The number of carboxylic acids is 1. The van der Waals surface area contributed by atoms with Crippen molar-refractivity contribution in [2.45, 2.75) is 66.2 Å². The van der Waals surface area contributed by atoms with Gasteiger partial charge in [0.2, 0.25) is 0 Å². The average molecular weight is 513 g/mol. The van der Waals surface area contributed by atoms with Crippen LogP contribution in [0.1, 0.15) is 78.0 Å². The van der Waals surface area contributed by atoms with Crippen LogP contribution in [0.25, 0.3) is 10.9 Å². The van der Waals surface area contributed by atoms with E-state index in [9.17, 15) is 9.59 Å². The Kier molecular flexibility index (Phi) is 7.91. The lowest BCUT2D eigenvalue weighted by Gasteiger charge is -2.16. The first-order valence-electron chi connectivity index (χ1n) is 13.0. The number of fused-ring (bicyclic) bond motifs is 1. The van der Waals surface area contributed by atoms with Crippen molar-refractivity contribution in [3.8, 4) is 5.75 Å². The van der Waals surface area contributed by atoms with Gasteiger partial charge in [0.1, 0.15) is 5.75 Å². The topological polar surface area (TPSA) is 80.6 Å². The van der Waals surface area contributed by atoms with Gasteiger partial charge in [-0.25, -0.2) is 4.79 Å². The van der Waals surface area contributed by atoms with Gasteiger partial charge in [0.15, 0.2) is 6.10 Å². The minimum atomic E-state index is -1.00. The van der Waals surface area contributed by atoms with E-state index in [1.54, 1.807) is 6.07 Å². The second-order valence-electron chi connectivity index (χ2n) is 10.3. The molecule has 0 radical (unpaired) electrons. The zero-order chi connectivity index (χ0) is 27.6. The maximum Gasteiger partial charge on any atom is 0.344 e. The predicted octanol–water partition coefficient (Wildman–Crippen LogP) is 6.77. The summed E-state index contributed by atoms with van der Waals surface area (Å²) in [6.45, 7) is 12.6. The number of hydrogen-bond donors (Lipinski definition) is 2. The number of amides is 1. The van der Waals surface area contributed by atoms with Crippen LogP contribution in [0.2, 0.25) is 0 Å². The molecule has 1 heterocycles. The number of nitrogens with zero attached hydrogens (tertiary/aromatic N) is 1. The van der Waals surface area contributed by atoms with E-state index in [4.69, 9.17) is 9.84 Å². The van der Waals surface area contributed by atoms with Gasteiger partial charge in [0.05, 0.1) is 6.04 Å². The van der Waals surface area contributed by atoms with Crippen LogP contribution in [-0.2, 0) is 11.3 Å². The summed E-state index contributed by atoms with van der Waals surface area (Å²) in [7, 11) is 0. The molecule has 0 aliphatic rings.